The fourth-order valence-corrected chi connectivity index (χ4v) is 5.40. The summed E-state index contributed by atoms with van der Waals surface area (Å²) in [7, 11) is 1.47. The highest BCUT2D eigenvalue weighted by Gasteiger charge is 2.56. The van der Waals surface area contributed by atoms with Gasteiger partial charge < -0.3 is 25.4 Å². The summed E-state index contributed by atoms with van der Waals surface area (Å²) in [5.41, 5.74) is 2.84. The Morgan fingerprint density at radius 3 is 2.49 bits per heavy atom. The lowest BCUT2D eigenvalue weighted by Crippen LogP contribution is -2.39. The zero-order valence-electron chi connectivity index (χ0n) is 23.4. The van der Waals surface area contributed by atoms with Crippen molar-refractivity contribution in [2.45, 2.75) is 40.3 Å². The molecule has 2 heterocycles. The molecule has 208 valence electrons. The van der Waals surface area contributed by atoms with Crippen molar-refractivity contribution < 1.29 is 14.4 Å². The van der Waals surface area contributed by atoms with Gasteiger partial charge in [-0.25, -0.2) is 0 Å². The maximum Gasteiger partial charge on any atom is 0.263 e. The van der Waals surface area contributed by atoms with Crippen molar-refractivity contribution in [1.82, 2.24) is 25.4 Å². The summed E-state index contributed by atoms with van der Waals surface area (Å²) in [5, 5.41) is 8.46. The number of aromatic nitrogens is 1. The number of piperidine rings is 1. The minimum absolute atomic E-state index is 0.0346. The van der Waals surface area contributed by atoms with Crippen LogP contribution in [0, 0.1) is 24.7 Å². The van der Waals surface area contributed by atoms with Gasteiger partial charge in [-0.1, -0.05) is 44.2 Å². The van der Waals surface area contributed by atoms with E-state index < -0.39 is 11.5 Å². The highest BCUT2D eigenvalue weighted by Crippen LogP contribution is 2.45. The summed E-state index contributed by atoms with van der Waals surface area (Å²) in [6, 6.07) is 7.40. The minimum atomic E-state index is -0.523. The van der Waals surface area contributed by atoms with Gasteiger partial charge in [0.05, 0.1) is 12.1 Å². The second kappa shape index (κ2) is 12.0. The van der Waals surface area contributed by atoms with Gasteiger partial charge in [0.25, 0.3) is 17.4 Å². The standard InChI is InChI=1S/C30H39N5O4/c1-18(2)9-10-23-19(3)7-6-8-21(23)14-35-15-22(13-24(30(35)39)29(38)31-5)28(37)33-27-25-16-34(17-26(25)27)12-11-32-20(4)36/h6-10,13,15,18,25-27H,11-12,14,16-17H2,1-5H3,(H,31,38)(H,32,36)(H,33,37)/b10-9-. The molecule has 1 aromatic carbocycles. The number of carbonyl (C=O) groups excluding carboxylic acids is 3. The number of aryl methyl sites for hydroxylation is 1. The smallest absolute Gasteiger partial charge is 0.263 e. The molecule has 1 aromatic heterocycles. The Hall–Kier alpha value is -3.72. The molecule has 9 heteroatoms. The first kappa shape index (κ1) is 28.3. The average molecular weight is 534 g/mol. The molecule has 1 aliphatic heterocycles. The fraction of sp³-hybridized carbons (Fsp3) is 0.467. The number of allylic oxidation sites excluding steroid dienone is 1. The molecule has 1 saturated heterocycles. The van der Waals surface area contributed by atoms with Crippen molar-refractivity contribution in [2.24, 2.45) is 17.8 Å². The summed E-state index contributed by atoms with van der Waals surface area (Å²) in [4.78, 5) is 52.6. The molecule has 1 saturated carbocycles. The number of rotatable bonds is 10. The minimum Gasteiger partial charge on any atom is -0.355 e. The van der Waals surface area contributed by atoms with Gasteiger partial charge in [0, 0.05) is 52.4 Å². The Labute approximate surface area is 229 Å². The molecule has 3 N–H and O–H groups in total. The van der Waals surface area contributed by atoms with Gasteiger partial charge in [0.2, 0.25) is 5.91 Å². The Kier molecular flexibility index (Phi) is 8.70. The number of hydrogen-bond donors (Lipinski definition) is 3. The molecular formula is C30H39N5O4. The molecule has 1 aliphatic carbocycles. The first-order chi connectivity index (χ1) is 18.6. The molecule has 4 rings (SSSR count). The number of carbonyl (C=O) groups is 3. The van der Waals surface area contributed by atoms with E-state index in [0.717, 1.165) is 36.3 Å². The quantitative estimate of drug-likeness (QED) is 0.433. The molecule has 2 unspecified atom stereocenters. The first-order valence-corrected chi connectivity index (χ1v) is 13.6. The van der Waals surface area contributed by atoms with Crippen molar-refractivity contribution in [3.63, 3.8) is 0 Å². The number of nitrogens with zero attached hydrogens (tertiary/aromatic N) is 2. The van der Waals surface area contributed by atoms with E-state index in [9.17, 15) is 19.2 Å². The predicted molar refractivity (Wildman–Crippen MR) is 152 cm³/mol. The third kappa shape index (κ3) is 6.65. The number of likely N-dealkylation sites (tertiary alicyclic amines) is 1. The van der Waals surface area contributed by atoms with Gasteiger partial charge in [0.15, 0.2) is 0 Å². The highest BCUT2D eigenvalue weighted by molar-refractivity contribution is 5.99. The lowest BCUT2D eigenvalue weighted by molar-refractivity contribution is -0.119. The Bertz CT molecular complexity index is 1330. The van der Waals surface area contributed by atoms with E-state index in [0.29, 0.717) is 24.3 Å². The van der Waals surface area contributed by atoms with Crippen LogP contribution in [0.15, 0.2) is 41.3 Å². The molecule has 3 amide bonds. The Morgan fingerprint density at radius 1 is 1.13 bits per heavy atom. The van der Waals surface area contributed by atoms with Crippen molar-refractivity contribution in [3.05, 3.63) is 74.7 Å². The maximum atomic E-state index is 13.3. The third-order valence-electron chi connectivity index (χ3n) is 7.59. The molecule has 2 aromatic rings. The van der Waals surface area contributed by atoms with Crippen LogP contribution in [0.5, 0.6) is 0 Å². The van der Waals surface area contributed by atoms with E-state index >= 15 is 0 Å². The lowest BCUT2D eigenvalue weighted by Gasteiger charge is -2.20. The molecular weight excluding hydrogens is 494 g/mol. The molecule has 2 aliphatic rings. The number of amides is 3. The SMILES string of the molecule is CNC(=O)c1cc(C(=O)NC2C3CN(CCNC(C)=O)CC32)cn(Cc2cccc(C)c2/C=C\C(C)C)c1=O. The second-order valence-corrected chi connectivity index (χ2v) is 11.0. The Balaban J connectivity index is 1.52. The molecule has 9 nitrogen and oxygen atoms in total. The number of hydrogen-bond acceptors (Lipinski definition) is 5. The van der Waals surface area contributed by atoms with E-state index in [1.165, 1.54) is 24.6 Å². The number of fused-ring (bicyclic) bond motifs is 1. The fourth-order valence-electron chi connectivity index (χ4n) is 5.40. The van der Waals surface area contributed by atoms with E-state index in [-0.39, 0.29) is 35.5 Å². The normalized spacial score (nSPS) is 20.2. The van der Waals surface area contributed by atoms with Gasteiger partial charge in [-0.3, -0.25) is 19.2 Å². The van der Waals surface area contributed by atoms with Gasteiger partial charge in [-0.05, 0) is 47.4 Å². The highest BCUT2D eigenvalue weighted by atomic mass is 16.2. The monoisotopic (exact) mass is 533 g/mol. The van der Waals surface area contributed by atoms with Crippen LogP contribution in [0.4, 0.5) is 0 Å². The first-order valence-electron chi connectivity index (χ1n) is 13.6. The van der Waals surface area contributed by atoms with Crippen LogP contribution in [-0.4, -0.2) is 66.5 Å². The van der Waals surface area contributed by atoms with Crippen molar-refractivity contribution in [1.29, 1.82) is 0 Å². The largest absolute Gasteiger partial charge is 0.355 e. The van der Waals surface area contributed by atoms with Crippen LogP contribution >= 0.6 is 0 Å². The summed E-state index contributed by atoms with van der Waals surface area (Å²) >= 11 is 0. The van der Waals surface area contributed by atoms with Crippen LogP contribution in [-0.2, 0) is 11.3 Å². The summed E-state index contributed by atoms with van der Waals surface area (Å²) in [6.07, 6.45) is 5.74. The number of pyridine rings is 1. The lowest BCUT2D eigenvalue weighted by atomic mass is 9.99. The maximum absolute atomic E-state index is 13.3. The van der Waals surface area contributed by atoms with E-state index in [2.05, 4.69) is 46.8 Å². The average Bonchev–Trinajstić information content (AvgIpc) is 3.31. The van der Waals surface area contributed by atoms with Crippen LogP contribution in [0.25, 0.3) is 6.08 Å². The van der Waals surface area contributed by atoms with Crippen LogP contribution in [0.2, 0.25) is 0 Å². The zero-order valence-corrected chi connectivity index (χ0v) is 23.4. The topological polar surface area (TPSA) is 113 Å². The molecule has 39 heavy (non-hydrogen) atoms. The molecule has 2 atom stereocenters. The van der Waals surface area contributed by atoms with Gasteiger partial charge in [-0.15, -0.1) is 0 Å². The van der Waals surface area contributed by atoms with Gasteiger partial charge in [0.1, 0.15) is 5.56 Å². The molecule has 0 radical (unpaired) electrons. The van der Waals surface area contributed by atoms with Crippen molar-refractivity contribution >= 4 is 23.8 Å². The predicted octanol–water partition coefficient (Wildman–Crippen LogP) is 2.03. The number of nitrogens with one attached hydrogen (secondary N) is 3. The van der Waals surface area contributed by atoms with E-state index in [4.69, 9.17) is 0 Å². The van der Waals surface area contributed by atoms with Crippen molar-refractivity contribution in [2.75, 3.05) is 33.2 Å². The molecule has 2 fully saturated rings. The van der Waals surface area contributed by atoms with Crippen LogP contribution in [0.3, 0.4) is 0 Å². The van der Waals surface area contributed by atoms with Gasteiger partial charge in [-0.2, -0.15) is 0 Å². The van der Waals surface area contributed by atoms with Crippen LogP contribution in [0.1, 0.15) is 58.2 Å². The zero-order chi connectivity index (χ0) is 28.3. The summed E-state index contributed by atoms with van der Waals surface area (Å²) < 4.78 is 1.46. The van der Waals surface area contributed by atoms with Crippen LogP contribution < -0.4 is 21.5 Å². The van der Waals surface area contributed by atoms with E-state index in [1.807, 2.05) is 25.1 Å². The van der Waals surface area contributed by atoms with E-state index in [1.54, 1.807) is 6.20 Å². The van der Waals surface area contributed by atoms with Gasteiger partial charge >= 0.3 is 0 Å². The second-order valence-electron chi connectivity index (χ2n) is 11.0. The summed E-state index contributed by atoms with van der Waals surface area (Å²) in [6.45, 7) is 11.1. The number of benzene rings is 1. The molecule has 0 bridgehead atoms. The van der Waals surface area contributed by atoms with Crippen molar-refractivity contribution in [3.8, 4) is 0 Å². The molecule has 0 spiro atoms. The summed E-state index contributed by atoms with van der Waals surface area (Å²) in [5.74, 6) is 0.273. The third-order valence-corrected chi connectivity index (χ3v) is 7.59. The Morgan fingerprint density at radius 2 is 1.85 bits per heavy atom.